The van der Waals surface area contributed by atoms with Crippen LogP contribution in [0.3, 0.4) is 0 Å². The molecule has 2 N–H and O–H groups in total. The highest BCUT2D eigenvalue weighted by atomic mass is 19.1. The van der Waals surface area contributed by atoms with Crippen molar-refractivity contribution < 1.29 is 8.78 Å². The minimum Gasteiger partial charge on any atom is -0.387 e. The molecule has 1 rings (SSSR count). The highest BCUT2D eigenvalue weighted by Crippen LogP contribution is 2.18. The maximum atomic E-state index is 12.9. The lowest BCUT2D eigenvalue weighted by atomic mass is 10.2. The van der Waals surface area contributed by atoms with E-state index < -0.39 is 11.6 Å². The van der Waals surface area contributed by atoms with Gasteiger partial charge in [-0.05, 0) is 6.07 Å². The van der Waals surface area contributed by atoms with Crippen molar-refractivity contribution >= 4 is 11.9 Å². The predicted molar refractivity (Wildman–Crippen MR) is 43.8 cm³/mol. The summed E-state index contributed by atoms with van der Waals surface area (Å²) in [4.78, 5) is 0. The third-order valence-electron chi connectivity index (χ3n) is 1.51. The number of nitrogens with one attached hydrogen (secondary N) is 2. The molecule has 0 unspecified atom stereocenters. The quantitative estimate of drug-likeness (QED) is 0.654. The summed E-state index contributed by atoms with van der Waals surface area (Å²) >= 11 is 0. The standard InChI is InChI=1S/C8H8F2N2/c1-12-8-3-5(9)2-7(10)6(8)4-11/h2-4,11-12H,1H3. The van der Waals surface area contributed by atoms with Crippen LogP contribution in [-0.4, -0.2) is 13.3 Å². The van der Waals surface area contributed by atoms with Crippen LogP contribution in [0.2, 0.25) is 0 Å². The van der Waals surface area contributed by atoms with Gasteiger partial charge < -0.3 is 10.7 Å². The molecule has 0 aliphatic heterocycles. The fraction of sp³-hybridized carbons (Fsp3) is 0.125. The summed E-state index contributed by atoms with van der Waals surface area (Å²) in [6, 6.07) is 1.89. The normalized spacial score (nSPS) is 9.58. The Hall–Kier alpha value is -1.45. The van der Waals surface area contributed by atoms with Crippen LogP contribution < -0.4 is 5.32 Å². The van der Waals surface area contributed by atoms with Gasteiger partial charge in [-0.3, -0.25) is 0 Å². The number of hydrogen-bond acceptors (Lipinski definition) is 2. The van der Waals surface area contributed by atoms with Crippen LogP contribution in [0.4, 0.5) is 14.5 Å². The first-order valence-corrected chi connectivity index (χ1v) is 3.36. The van der Waals surface area contributed by atoms with Crippen molar-refractivity contribution in [1.29, 1.82) is 5.41 Å². The summed E-state index contributed by atoms with van der Waals surface area (Å²) in [5, 5.41) is 9.47. The predicted octanol–water partition coefficient (Wildman–Crippen LogP) is 2.00. The van der Waals surface area contributed by atoms with E-state index in [1.807, 2.05) is 0 Å². The van der Waals surface area contributed by atoms with Gasteiger partial charge in [0.25, 0.3) is 0 Å². The highest BCUT2D eigenvalue weighted by molar-refractivity contribution is 5.86. The van der Waals surface area contributed by atoms with Gasteiger partial charge in [-0.15, -0.1) is 0 Å². The van der Waals surface area contributed by atoms with Crippen LogP contribution in [0, 0.1) is 17.0 Å². The molecule has 1 aromatic carbocycles. The van der Waals surface area contributed by atoms with E-state index in [9.17, 15) is 8.78 Å². The Labute approximate surface area is 68.7 Å². The lowest BCUT2D eigenvalue weighted by Crippen LogP contribution is -1.98. The van der Waals surface area contributed by atoms with E-state index in [-0.39, 0.29) is 11.3 Å². The smallest absolute Gasteiger partial charge is 0.136 e. The Morgan fingerprint density at radius 3 is 2.58 bits per heavy atom. The van der Waals surface area contributed by atoms with Gasteiger partial charge in [0.15, 0.2) is 0 Å². The first-order valence-electron chi connectivity index (χ1n) is 3.36. The Kier molecular flexibility index (Phi) is 2.38. The monoisotopic (exact) mass is 170 g/mol. The summed E-state index contributed by atoms with van der Waals surface area (Å²) in [5.41, 5.74) is 0.349. The molecule has 1 aromatic rings. The van der Waals surface area contributed by atoms with Crippen LogP contribution in [0.15, 0.2) is 12.1 Å². The molecule has 12 heavy (non-hydrogen) atoms. The van der Waals surface area contributed by atoms with E-state index in [1.165, 1.54) is 0 Å². The first kappa shape index (κ1) is 8.64. The molecule has 0 fully saturated rings. The molecule has 0 spiro atoms. The molecule has 0 atom stereocenters. The number of benzene rings is 1. The molecule has 2 nitrogen and oxygen atoms in total. The maximum Gasteiger partial charge on any atom is 0.136 e. The van der Waals surface area contributed by atoms with Gasteiger partial charge in [-0.1, -0.05) is 0 Å². The highest BCUT2D eigenvalue weighted by Gasteiger charge is 2.07. The maximum absolute atomic E-state index is 12.9. The minimum atomic E-state index is -0.727. The summed E-state index contributed by atoms with van der Waals surface area (Å²) in [6.45, 7) is 0. The molecule has 0 bridgehead atoms. The van der Waals surface area contributed by atoms with Crippen LogP contribution in [0.1, 0.15) is 5.56 Å². The third kappa shape index (κ3) is 1.42. The lowest BCUT2D eigenvalue weighted by Gasteiger charge is -2.05. The van der Waals surface area contributed by atoms with E-state index >= 15 is 0 Å². The fourth-order valence-electron chi connectivity index (χ4n) is 0.938. The van der Waals surface area contributed by atoms with Crippen molar-refractivity contribution in [3.63, 3.8) is 0 Å². The van der Waals surface area contributed by atoms with Gasteiger partial charge in [0.1, 0.15) is 11.6 Å². The summed E-state index contributed by atoms with van der Waals surface area (Å²) in [6.07, 6.45) is 0.848. The van der Waals surface area contributed by atoms with Crippen LogP contribution in [0.5, 0.6) is 0 Å². The fourth-order valence-corrected chi connectivity index (χ4v) is 0.938. The Morgan fingerprint density at radius 2 is 2.08 bits per heavy atom. The number of hydrogen-bond donors (Lipinski definition) is 2. The number of anilines is 1. The van der Waals surface area contributed by atoms with Crippen molar-refractivity contribution in [2.24, 2.45) is 0 Å². The zero-order valence-corrected chi connectivity index (χ0v) is 6.49. The van der Waals surface area contributed by atoms with Crippen molar-refractivity contribution in [2.75, 3.05) is 12.4 Å². The van der Waals surface area contributed by atoms with Crippen LogP contribution in [-0.2, 0) is 0 Å². The SMILES string of the molecule is CNc1cc(F)cc(F)c1C=N. The molecule has 0 radical (unpaired) electrons. The second-order valence-corrected chi connectivity index (χ2v) is 2.24. The van der Waals surface area contributed by atoms with Gasteiger partial charge in [0, 0.05) is 25.0 Å². The lowest BCUT2D eigenvalue weighted by molar-refractivity contribution is 0.583. The average Bonchev–Trinajstić information content (AvgIpc) is 2.03. The average molecular weight is 170 g/mol. The van der Waals surface area contributed by atoms with Crippen LogP contribution in [0.25, 0.3) is 0 Å². The van der Waals surface area contributed by atoms with E-state index in [2.05, 4.69) is 5.32 Å². The van der Waals surface area contributed by atoms with E-state index in [0.29, 0.717) is 0 Å². The molecule has 0 saturated carbocycles. The third-order valence-corrected chi connectivity index (χ3v) is 1.51. The second kappa shape index (κ2) is 3.30. The summed E-state index contributed by atoms with van der Waals surface area (Å²) in [5.74, 6) is -1.38. The zero-order valence-electron chi connectivity index (χ0n) is 6.49. The summed E-state index contributed by atoms with van der Waals surface area (Å²) in [7, 11) is 1.54. The van der Waals surface area contributed by atoms with Gasteiger partial charge in [-0.25, -0.2) is 8.78 Å². The molecule has 0 aliphatic carbocycles. The Balaban J connectivity index is 3.33. The molecule has 0 aliphatic rings. The molecule has 0 saturated heterocycles. The Bertz CT molecular complexity index is 310. The van der Waals surface area contributed by atoms with E-state index in [4.69, 9.17) is 5.41 Å². The number of halogens is 2. The first-order chi connectivity index (χ1) is 5.69. The van der Waals surface area contributed by atoms with Gasteiger partial charge in [0.2, 0.25) is 0 Å². The number of rotatable bonds is 2. The van der Waals surface area contributed by atoms with Gasteiger partial charge in [-0.2, -0.15) is 0 Å². The van der Waals surface area contributed by atoms with Crippen molar-refractivity contribution in [3.8, 4) is 0 Å². The summed E-state index contributed by atoms with van der Waals surface area (Å²) < 4.78 is 25.4. The molecule has 0 amide bonds. The topological polar surface area (TPSA) is 35.9 Å². The molecule has 0 heterocycles. The Morgan fingerprint density at radius 1 is 1.42 bits per heavy atom. The minimum absolute atomic E-state index is 0.0684. The second-order valence-electron chi connectivity index (χ2n) is 2.24. The van der Waals surface area contributed by atoms with Gasteiger partial charge >= 0.3 is 0 Å². The zero-order chi connectivity index (χ0) is 9.14. The van der Waals surface area contributed by atoms with Crippen LogP contribution >= 0.6 is 0 Å². The van der Waals surface area contributed by atoms with Crippen molar-refractivity contribution in [2.45, 2.75) is 0 Å². The molecular weight excluding hydrogens is 162 g/mol. The largest absolute Gasteiger partial charge is 0.387 e. The molecule has 4 heteroatoms. The van der Waals surface area contributed by atoms with Crippen molar-refractivity contribution in [3.05, 3.63) is 29.3 Å². The molecular formula is C8H8F2N2. The van der Waals surface area contributed by atoms with Gasteiger partial charge in [0.05, 0.1) is 5.56 Å². The molecule has 64 valence electrons. The molecule has 0 aromatic heterocycles. The van der Waals surface area contributed by atoms with Crippen molar-refractivity contribution in [1.82, 2.24) is 0 Å². The van der Waals surface area contributed by atoms with E-state index in [0.717, 1.165) is 18.3 Å². The van der Waals surface area contributed by atoms with E-state index in [1.54, 1.807) is 7.05 Å².